The van der Waals surface area contributed by atoms with Crippen LogP contribution in [0.25, 0.3) is 0 Å². The van der Waals surface area contributed by atoms with Crippen LogP contribution in [0.4, 0.5) is 4.39 Å². The van der Waals surface area contributed by atoms with Crippen molar-refractivity contribution in [2.45, 2.75) is 32.2 Å². The van der Waals surface area contributed by atoms with Gasteiger partial charge in [0.1, 0.15) is 5.82 Å². The van der Waals surface area contributed by atoms with E-state index in [0.29, 0.717) is 0 Å². The van der Waals surface area contributed by atoms with Crippen LogP contribution in [0.3, 0.4) is 0 Å². The van der Waals surface area contributed by atoms with Gasteiger partial charge in [0.2, 0.25) is 0 Å². The van der Waals surface area contributed by atoms with Crippen LogP contribution in [0.5, 0.6) is 0 Å². The van der Waals surface area contributed by atoms with Crippen LogP contribution in [-0.2, 0) is 0 Å². The lowest BCUT2D eigenvalue weighted by Gasteiger charge is -2.32. The highest BCUT2D eigenvalue weighted by Crippen LogP contribution is 2.12. The van der Waals surface area contributed by atoms with Crippen LogP contribution in [0.15, 0.2) is 24.3 Å². The normalized spacial score (nSPS) is 17.4. The van der Waals surface area contributed by atoms with Gasteiger partial charge in [0.25, 0.3) is 5.91 Å². The monoisotopic (exact) mass is 264 g/mol. The molecule has 1 aromatic rings. The van der Waals surface area contributed by atoms with Gasteiger partial charge in [0.05, 0.1) is 5.56 Å². The van der Waals surface area contributed by atoms with Crippen LogP contribution in [-0.4, -0.2) is 36.5 Å². The second-order valence-corrected chi connectivity index (χ2v) is 5.07. The van der Waals surface area contributed by atoms with Crippen LogP contribution in [0.2, 0.25) is 0 Å². The number of nitrogens with one attached hydrogen (secondary N) is 1. The minimum absolute atomic E-state index is 0.137. The summed E-state index contributed by atoms with van der Waals surface area (Å²) in [6.45, 7) is 5.31. The van der Waals surface area contributed by atoms with E-state index >= 15 is 0 Å². The molecule has 1 aromatic carbocycles. The third-order valence-corrected chi connectivity index (χ3v) is 3.58. The first-order valence-electron chi connectivity index (χ1n) is 6.98. The van der Waals surface area contributed by atoms with Gasteiger partial charge in [0, 0.05) is 19.1 Å². The van der Waals surface area contributed by atoms with Crippen molar-refractivity contribution in [2.24, 2.45) is 0 Å². The summed E-state index contributed by atoms with van der Waals surface area (Å²) in [7, 11) is 0. The third-order valence-electron chi connectivity index (χ3n) is 3.58. The highest BCUT2D eigenvalue weighted by Gasteiger charge is 2.21. The number of benzene rings is 1. The second-order valence-electron chi connectivity index (χ2n) is 5.07. The molecule has 1 fully saturated rings. The summed E-state index contributed by atoms with van der Waals surface area (Å²) in [6.07, 6.45) is 3.05. The molecule has 0 bridgehead atoms. The maximum atomic E-state index is 13.5. The van der Waals surface area contributed by atoms with E-state index in [4.69, 9.17) is 0 Å². The predicted octanol–water partition coefficient (Wildman–Crippen LogP) is 2.43. The molecule has 1 aliphatic heterocycles. The molecule has 1 N–H and O–H groups in total. The van der Waals surface area contributed by atoms with E-state index in [1.165, 1.54) is 12.1 Å². The molecule has 4 heteroatoms. The molecule has 19 heavy (non-hydrogen) atoms. The van der Waals surface area contributed by atoms with Gasteiger partial charge in [-0.3, -0.25) is 4.79 Å². The Morgan fingerprint density at radius 1 is 1.37 bits per heavy atom. The molecule has 0 radical (unpaired) electrons. The predicted molar refractivity (Wildman–Crippen MR) is 73.6 cm³/mol. The van der Waals surface area contributed by atoms with Crippen molar-refractivity contribution in [3.05, 3.63) is 35.6 Å². The molecule has 0 atom stereocenters. The summed E-state index contributed by atoms with van der Waals surface area (Å²) < 4.78 is 13.5. The maximum absolute atomic E-state index is 13.5. The van der Waals surface area contributed by atoms with Crippen LogP contribution >= 0.6 is 0 Å². The maximum Gasteiger partial charge on any atom is 0.254 e. The average molecular weight is 264 g/mol. The summed E-state index contributed by atoms with van der Waals surface area (Å²) in [4.78, 5) is 14.4. The molecule has 0 unspecified atom stereocenters. The zero-order chi connectivity index (χ0) is 13.7. The first-order valence-corrected chi connectivity index (χ1v) is 6.98. The van der Waals surface area contributed by atoms with E-state index in [-0.39, 0.29) is 17.5 Å². The number of rotatable bonds is 4. The Labute approximate surface area is 113 Å². The Balaban J connectivity index is 1.86. The summed E-state index contributed by atoms with van der Waals surface area (Å²) >= 11 is 0. The van der Waals surface area contributed by atoms with Gasteiger partial charge in [-0.1, -0.05) is 19.1 Å². The minimum Gasteiger partial charge on any atom is -0.349 e. The Morgan fingerprint density at radius 3 is 2.68 bits per heavy atom. The van der Waals surface area contributed by atoms with Gasteiger partial charge in [-0.15, -0.1) is 0 Å². The fourth-order valence-electron chi connectivity index (χ4n) is 2.53. The summed E-state index contributed by atoms with van der Waals surface area (Å²) in [5.41, 5.74) is 0.137. The van der Waals surface area contributed by atoms with Crippen molar-refractivity contribution in [1.29, 1.82) is 0 Å². The summed E-state index contributed by atoms with van der Waals surface area (Å²) in [6, 6.07) is 6.28. The van der Waals surface area contributed by atoms with E-state index in [0.717, 1.165) is 38.9 Å². The Kier molecular flexibility index (Phi) is 4.91. The number of piperidine rings is 1. The van der Waals surface area contributed by atoms with Gasteiger partial charge in [0.15, 0.2) is 0 Å². The van der Waals surface area contributed by atoms with Gasteiger partial charge < -0.3 is 10.2 Å². The SMILES string of the molecule is CCCN1CCC(NC(=O)c2ccccc2F)CC1. The third kappa shape index (κ3) is 3.77. The van der Waals surface area contributed by atoms with Crippen molar-refractivity contribution in [2.75, 3.05) is 19.6 Å². The molecule has 104 valence electrons. The van der Waals surface area contributed by atoms with Gasteiger partial charge in [-0.2, -0.15) is 0 Å². The molecular weight excluding hydrogens is 243 g/mol. The van der Waals surface area contributed by atoms with Gasteiger partial charge in [-0.25, -0.2) is 4.39 Å². The largest absolute Gasteiger partial charge is 0.349 e. The minimum atomic E-state index is -0.455. The lowest BCUT2D eigenvalue weighted by atomic mass is 10.0. The van der Waals surface area contributed by atoms with Crippen molar-refractivity contribution in [1.82, 2.24) is 10.2 Å². The quantitative estimate of drug-likeness (QED) is 0.906. The second kappa shape index (κ2) is 6.66. The molecule has 1 heterocycles. The van der Waals surface area contributed by atoms with E-state index in [1.54, 1.807) is 12.1 Å². The zero-order valence-electron chi connectivity index (χ0n) is 11.4. The van der Waals surface area contributed by atoms with Crippen LogP contribution in [0, 0.1) is 5.82 Å². The van der Waals surface area contributed by atoms with Gasteiger partial charge in [-0.05, 0) is 37.9 Å². The Morgan fingerprint density at radius 2 is 2.05 bits per heavy atom. The van der Waals surface area contributed by atoms with Crippen molar-refractivity contribution >= 4 is 5.91 Å². The molecule has 0 spiro atoms. The number of hydrogen-bond acceptors (Lipinski definition) is 2. The smallest absolute Gasteiger partial charge is 0.254 e. The van der Waals surface area contributed by atoms with Gasteiger partial charge >= 0.3 is 0 Å². The zero-order valence-corrected chi connectivity index (χ0v) is 11.4. The number of halogens is 1. The Bertz CT molecular complexity index is 428. The lowest BCUT2D eigenvalue weighted by Crippen LogP contribution is -2.44. The fourth-order valence-corrected chi connectivity index (χ4v) is 2.53. The Hall–Kier alpha value is -1.42. The fraction of sp³-hybridized carbons (Fsp3) is 0.533. The topological polar surface area (TPSA) is 32.3 Å². The molecule has 1 amide bonds. The number of hydrogen-bond donors (Lipinski definition) is 1. The number of likely N-dealkylation sites (tertiary alicyclic amines) is 1. The number of amides is 1. The van der Waals surface area contributed by atoms with Crippen molar-refractivity contribution in [3.8, 4) is 0 Å². The molecule has 3 nitrogen and oxygen atoms in total. The molecule has 1 aliphatic rings. The van der Waals surface area contributed by atoms with Crippen LogP contribution < -0.4 is 5.32 Å². The molecule has 2 rings (SSSR count). The van der Waals surface area contributed by atoms with E-state index in [2.05, 4.69) is 17.1 Å². The first-order chi connectivity index (χ1) is 9.20. The average Bonchev–Trinajstić information content (AvgIpc) is 2.42. The molecule has 0 aromatic heterocycles. The lowest BCUT2D eigenvalue weighted by molar-refractivity contribution is 0.0907. The summed E-state index contributed by atoms with van der Waals surface area (Å²) in [5, 5.41) is 2.93. The van der Waals surface area contributed by atoms with Crippen molar-refractivity contribution in [3.63, 3.8) is 0 Å². The molecule has 0 saturated carbocycles. The highest BCUT2D eigenvalue weighted by atomic mass is 19.1. The first kappa shape index (κ1) is 14.0. The van der Waals surface area contributed by atoms with E-state index in [1.807, 2.05) is 0 Å². The van der Waals surface area contributed by atoms with Crippen LogP contribution in [0.1, 0.15) is 36.5 Å². The van der Waals surface area contributed by atoms with E-state index in [9.17, 15) is 9.18 Å². The highest BCUT2D eigenvalue weighted by molar-refractivity contribution is 5.94. The standard InChI is InChI=1S/C15H21FN2O/c1-2-9-18-10-7-12(8-11-18)17-15(19)13-5-3-4-6-14(13)16/h3-6,12H,2,7-11H2,1H3,(H,17,19). The molecule has 0 aliphatic carbocycles. The van der Waals surface area contributed by atoms with Crippen molar-refractivity contribution < 1.29 is 9.18 Å². The molecular formula is C15H21FN2O. The van der Waals surface area contributed by atoms with E-state index < -0.39 is 5.82 Å². The number of nitrogens with zero attached hydrogens (tertiary/aromatic N) is 1. The summed E-state index contributed by atoms with van der Waals surface area (Å²) in [5.74, 6) is -0.754. The molecule has 1 saturated heterocycles. The number of carbonyl (C=O) groups is 1. The number of carbonyl (C=O) groups excluding carboxylic acids is 1.